The number of hydrogen-bond acceptors (Lipinski definition) is 5. The predicted molar refractivity (Wildman–Crippen MR) is 102 cm³/mol. The highest BCUT2D eigenvalue weighted by molar-refractivity contribution is 7.15. The summed E-state index contributed by atoms with van der Waals surface area (Å²) in [7, 11) is 0. The average molecular weight is 380 g/mol. The third kappa shape index (κ3) is 5.04. The number of carbonyl (C=O) groups excluding carboxylic acids is 2. The number of aryl methyl sites for hydroxylation is 2. The van der Waals surface area contributed by atoms with Crippen molar-refractivity contribution in [2.24, 2.45) is 5.92 Å². The van der Waals surface area contributed by atoms with Crippen molar-refractivity contribution in [3.63, 3.8) is 0 Å². The van der Waals surface area contributed by atoms with Gasteiger partial charge in [0.1, 0.15) is 6.54 Å². The van der Waals surface area contributed by atoms with Crippen molar-refractivity contribution in [2.75, 3.05) is 25.0 Å². The maximum atomic E-state index is 13.0. The number of rotatable bonds is 6. The van der Waals surface area contributed by atoms with Crippen molar-refractivity contribution < 1.29 is 14.3 Å². The first kappa shape index (κ1) is 19.3. The summed E-state index contributed by atoms with van der Waals surface area (Å²) >= 11 is 1.47. The zero-order valence-corrected chi connectivity index (χ0v) is 16.6. The molecule has 144 valence electrons. The van der Waals surface area contributed by atoms with E-state index in [4.69, 9.17) is 4.74 Å². The number of carbonyl (C=O) groups is 2. The normalized spacial score (nSPS) is 20.9. The Hall–Kier alpha value is -1.47. The molecule has 1 saturated heterocycles. The summed E-state index contributed by atoms with van der Waals surface area (Å²) < 4.78 is 5.70. The summed E-state index contributed by atoms with van der Waals surface area (Å²) in [6.07, 6.45) is 7.34. The standard InChI is InChI=1S/C19H29N3O3S/c1-13-14(2)26-19(20-13)21-17(23)12-22(11-16-9-6-10-25-16)18(24)15-7-4-3-5-8-15/h15-16H,3-12H2,1-2H3,(H,20,21,23). The highest BCUT2D eigenvalue weighted by atomic mass is 32.1. The van der Waals surface area contributed by atoms with Gasteiger partial charge in [-0.25, -0.2) is 4.98 Å². The average Bonchev–Trinajstić information content (AvgIpc) is 3.24. The van der Waals surface area contributed by atoms with Crippen molar-refractivity contribution >= 4 is 28.3 Å². The fraction of sp³-hybridized carbons (Fsp3) is 0.737. The summed E-state index contributed by atoms with van der Waals surface area (Å²) in [6, 6.07) is 0. The summed E-state index contributed by atoms with van der Waals surface area (Å²) in [5, 5.41) is 3.45. The summed E-state index contributed by atoms with van der Waals surface area (Å²) in [5.41, 5.74) is 0.930. The fourth-order valence-corrected chi connectivity index (χ4v) is 4.56. The Kier molecular flexibility index (Phi) is 6.64. The van der Waals surface area contributed by atoms with Crippen LogP contribution >= 0.6 is 11.3 Å². The Morgan fingerprint density at radius 3 is 2.58 bits per heavy atom. The van der Waals surface area contributed by atoms with Crippen LogP contribution < -0.4 is 5.32 Å². The molecule has 1 unspecified atom stereocenters. The van der Waals surface area contributed by atoms with Crippen LogP contribution in [0.5, 0.6) is 0 Å². The maximum Gasteiger partial charge on any atom is 0.245 e. The molecule has 0 radical (unpaired) electrons. The lowest BCUT2D eigenvalue weighted by Gasteiger charge is -2.30. The van der Waals surface area contributed by atoms with Crippen molar-refractivity contribution in [2.45, 2.75) is 64.9 Å². The van der Waals surface area contributed by atoms with Gasteiger partial charge in [0, 0.05) is 23.9 Å². The highest BCUT2D eigenvalue weighted by Crippen LogP contribution is 2.26. The van der Waals surface area contributed by atoms with Crippen molar-refractivity contribution in [3.05, 3.63) is 10.6 Å². The molecule has 2 fully saturated rings. The van der Waals surface area contributed by atoms with Crippen molar-refractivity contribution in [3.8, 4) is 0 Å². The number of amides is 2. The van der Waals surface area contributed by atoms with Crippen LogP contribution in [0.3, 0.4) is 0 Å². The molecule has 3 rings (SSSR count). The van der Waals surface area contributed by atoms with Crippen LogP contribution in [0.15, 0.2) is 0 Å². The van der Waals surface area contributed by atoms with Gasteiger partial charge in [0.05, 0.1) is 11.8 Å². The number of aromatic nitrogens is 1. The molecule has 7 heteroatoms. The largest absolute Gasteiger partial charge is 0.376 e. The summed E-state index contributed by atoms with van der Waals surface area (Å²) in [5.74, 6) is -0.00920. The summed E-state index contributed by atoms with van der Waals surface area (Å²) in [4.78, 5) is 32.7. The zero-order valence-electron chi connectivity index (χ0n) is 15.8. The van der Waals surface area contributed by atoms with Crippen LogP contribution in [0.1, 0.15) is 55.5 Å². The Labute approximate surface area is 159 Å². The molecule has 0 spiro atoms. The second kappa shape index (κ2) is 8.95. The van der Waals surface area contributed by atoms with E-state index in [-0.39, 0.29) is 30.4 Å². The topological polar surface area (TPSA) is 71.5 Å². The number of thiazole rings is 1. The van der Waals surface area contributed by atoms with Gasteiger partial charge in [-0.1, -0.05) is 19.3 Å². The lowest BCUT2D eigenvalue weighted by molar-refractivity contribution is -0.140. The lowest BCUT2D eigenvalue weighted by Crippen LogP contribution is -2.45. The van der Waals surface area contributed by atoms with Gasteiger partial charge >= 0.3 is 0 Å². The SMILES string of the molecule is Cc1nc(NC(=O)CN(CC2CCCO2)C(=O)C2CCCCC2)sc1C. The van der Waals surface area contributed by atoms with E-state index < -0.39 is 0 Å². The van der Waals surface area contributed by atoms with Crippen LogP contribution in [0.2, 0.25) is 0 Å². The van der Waals surface area contributed by atoms with E-state index in [1.165, 1.54) is 17.8 Å². The van der Waals surface area contributed by atoms with Gasteiger partial charge in [-0.05, 0) is 39.5 Å². The van der Waals surface area contributed by atoms with Crippen LogP contribution in [0, 0.1) is 19.8 Å². The molecule has 1 aromatic rings. The molecular formula is C19H29N3O3S. The summed E-state index contributed by atoms with van der Waals surface area (Å²) in [6.45, 7) is 5.25. The number of anilines is 1. The number of nitrogens with zero attached hydrogens (tertiary/aromatic N) is 2. The second-order valence-electron chi connectivity index (χ2n) is 7.40. The minimum Gasteiger partial charge on any atom is -0.376 e. The molecule has 1 aromatic heterocycles. The minimum absolute atomic E-state index is 0.0553. The molecule has 0 aromatic carbocycles. The molecular weight excluding hydrogens is 350 g/mol. The first-order valence-electron chi connectivity index (χ1n) is 9.67. The molecule has 2 aliphatic rings. The predicted octanol–water partition coefficient (Wildman–Crippen LogP) is 3.29. The van der Waals surface area contributed by atoms with E-state index in [0.717, 1.165) is 55.7 Å². The molecule has 1 aliphatic heterocycles. The molecule has 0 bridgehead atoms. The van der Waals surface area contributed by atoms with Crippen LogP contribution in [0.25, 0.3) is 0 Å². The smallest absolute Gasteiger partial charge is 0.245 e. The maximum absolute atomic E-state index is 13.0. The second-order valence-corrected chi connectivity index (χ2v) is 8.60. The van der Waals surface area contributed by atoms with E-state index in [2.05, 4.69) is 10.3 Å². The first-order valence-corrected chi connectivity index (χ1v) is 10.5. The van der Waals surface area contributed by atoms with Crippen LogP contribution in [-0.4, -0.2) is 47.5 Å². The lowest BCUT2D eigenvalue weighted by atomic mass is 9.88. The minimum atomic E-state index is -0.180. The van der Waals surface area contributed by atoms with E-state index in [1.54, 1.807) is 4.90 Å². The molecule has 26 heavy (non-hydrogen) atoms. The third-order valence-electron chi connectivity index (χ3n) is 5.32. The van der Waals surface area contributed by atoms with E-state index >= 15 is 0 Å². The molecule has 1 aliphatic carbocycles. The zero-order chi connectivity index (χ0) is 18.5. The Morgan fingerprint density at radius 2 is 1.96 bits per heavy atom. The number of hydrogen-bond donors (Lipinski definition) is 1. The van der Waals surface area contributed by atoms with Gasteiger partial charge in [-0.15, -0.1) is 11.3 Å². The van der Waals surface area contributed by atoms with Gasteiger partial charge in [-0.2, -0.15) is 0 Å². The van der Waals surface area contributed by atoms with E-state index in [1.807, 2.05) is 13.8 Å². The van der Waals surface area contributed by atoms with Gasteiger partial charge in [0.2, 0.25) is 11.8 Å². The Bertz CT molecular complexity index is 614. The molecule has 1 saturated carbocycles. The molecule has 6 nitrogen and oxygen atoms in total. The van der Waals surface area contributed by atoms with Gasteiger partial charge in [-0.3, -0.25) is 9.59 Å². The Morgan fingerprint density at radius 1 is 1.19 bits per heavy atom. The van der Waals surface area contributed by atoms with Gasteiger partial charge in [0.15, 0.2) is 5.13 Å². The van der Waals surface area contributed by atoms with Crippen molar-refractivity contribution in [1.82, 2.24) is 9.88 Å². The monoisotopic (exact) mass is 379 g/mol. The molecule has 1 atom stereocenters. The quantitative estimate of drug-likeness (QED) is 0.823. The fourth-order valence-electron chi connectivity index (χ4n) is 3.73. The van der Waals surface area contributed by atoms with E-state index in [9.17, 15) is 9.59 Å². The first-order chi connectivity index (χ1) is 12.5. The molecule has 2 amide bonds. The van der Waals surface area contributed by atoms with Crippen LogP contribution in [0.4, 0.5) is 5.13 Å². The number of ether oxygens (including phenoxy) is 1. The highest BCUT2D eigenvalue weighted by Gasteiger charge is 2.30. The van der Waals surface area contributed by atoms with Gasteiger partial charge in [0.25, 0.3) is 0 Å². The Balaban J connectivity index is 1.63. The molecule has 2 heterocycles. The van der Waals surface area contributed by atoms with Crippen LogP contribution in [-0.2, 0) is 14.3 Å². The van der Waals surface area contributed by atoms with Gasteiger partial charge < -0.3 is 15.0 Å². The number of nitrogens with one attached hydrogen (secondary N) is 1. The molecule has 1 N–H and O–H groups in total. The van der Waals surface area contributed by atoms with E-state index in [0.29, 0.717) is 11.7 Å². The third-order valence-corrected chi connectivity index (χ3v) is 6.31. The van der Waals surface area contributed by atoms with Crippen molar-refractivity contribution in [1.29, 1.82) is 0 Å².